The standard InChI is InChI=1S/C32H21ClN2O3S/c33-25-14-16-26(17-15-25)35-19-28(23-12-10-22(11-13-23)21-6-2-1-3-7-21)34-32(35)39-20-29(36)27-18-24-8-4-5-9-30(24)38-31(27)37/h1-19H,20H2. The lowest BCUT2D eigenvalue weighted by Crippen LogP contribution is -2.15. The van der Waals surface area contributed by atoms with Crippen LogP contribution in [0.4, 0.5) is 0 Å². The predicted octanol–water partition coefficient (Wildman–Crippen LogP) is 7.94. The molecule has 0 bridgehead atoms. The molecule has 0 fully saturated rings. The van der Waals surface area contributed by atoms with Crippen LogP contribution in [0.15, 0.2) is 130 Å². The second-order valence-electron chi connectivity index (χ2n) is 8.90. The summed E-state index contributed by atoms with van der Waals surface area (Å²) in [4.78, 5) is 30.4. The van der Waals surface area contributed by atoms with Crippen molar-refractivity contribution < 1.29 is 9.21 Å². The number of thioether (sulfide) groups is 1. The molecule has 0 saturated heterocycles. The fraction of sp³-hybridized carbons (Fsp3) is 0.0312. The van der Waals surface area contributed by atoms with E-state index < -0.39 is 5.63 Å². The third-order valence-corrected chi connectivity index (χ3v) is 7.55. The molecular formula is C32H21ClN2O3S. The van der Waals surface area contributed by atoms with Crippen LogP contribution in [-0.2, 0) is 0 Å². The van der Waals surface area contributed by atoms with Gasteiger partial charge in [-0.2, -0.15) is 0 Å². The van der Waals surface area contributed by atoms with Crippen molar-refractivity contribution in [2.75, 3.05) is 5.75 Å². The van der Waals surface area contributed by atoms with E-state index in [1.165, 1.54) is 11.8 Å². The van der Waals surface area contributed by atoms with Crippen molar-refractivity contribution in [3.8, 4) is 28.1 Å². The Kier molecular flexibility index (Phi) is 6.88. The number of carbonyl (C=O) groups excluding carboxylic acids is 1. The first kappa shape index (κ1) is 24.9. The summed E-state index contributed by atoms with van der Waals surface area (Å²) in [7, 11) is 0. The van der Waals surface area contributed by atoms with Gasteiger partial charge in [-0.3, -0.25) is 9.36 Å². The smallest absolute Gasteiger partial charge is 0.347 e. The first-order chi connectivity index (χ1) is 19.0. The van der Waals surface area contributed by atoms with E-state index in [9.17, 15) is 9.59 Å². The van der Waals surface area contributed by atoms with Gasteiger partial charge in [-0.1, -0.05) is 96.2 Å². The quantitative estimate of drug-likeness (QED) is 0.115. The van der Waals surface area contributed by atoms with Crippen LogP contribution in [-0.4, -0.2) is 21.1 Å². The molecule has 39 heavy (non-hydrogen) atoms. The molecule has 2 aromatic heterocycles. The predicted molar refractivity (Wildman–Crippen MR) is 157 cm³/mol. The lowest BCUT2D eigenvalue weighted by molar-refractivity contribution is 0.101. The molecule has 4 aromatic carbocycles. The number of aromatic nitrogens is 2. The van der Waals surface area contributed by atoms with Crippen LogP contribution in [0.1, 0.15) is 10.4 Å². The number of hydrogen-bond donors (Lipinski definition) is 0. The van der Waals surface area contributed by atoms with Gasteiger partial charge in [0.1, 0.15) is 11.1 Å². The molecule has 5 nitrogen and oxygen atoms in total. The van der Waals surface area contributed by atoms with Crippen molar-refractivity contribution in [1.82, 2.24) is 9.55 Å². The number of Topliss-reactive ketones (excluding diaryl/α,β-unsaturated/α-hetero) is 1. The number of para-hydroxylation sites is 1. The molecule has 0 atom stereocenters. The summed E-state index contributed by atoms with van der Waals surface area (Å²) >= 11 is 7.39. The van der Waals surface area contributed by atoms with Crippen molar-refractivity contribution >= 4 is 40.1 Å². The highest BCUT2D eigenvalue weighted by atomic mass is 35.5. The van der Waals surface area contributed by atoms with Gasteiger partial charge in [0.15, 0.2) is 10.9 Å². The number of benzene rings is 4. The minimum Gasteiger partial charge on any atom is -0.422 e. The van der Waals surface area contributed by atoms with Crippen LogP contribution in [0.3, 0.4) is 0 Å². The molecule has 0 saturated carbocycles. The highest BCUT2D eigenvalue weighted by Crippen LogP contribution is 2.30. The van der Waals surface area contributed by atoms with Gasteiger partial charge in [-0.05, 0) is 47.5 Å². The summed E-state index contributed by atoms with van der Waals surface area (Å²) in [6.07, 6.45) is 1.94. The van der Waals surface area contributed by atoms with E-state index in [0.29, 0.717) is 21.1 Å². The molecule has 0 aliphatic rings. The first-order valence-corrected chi connectivity index (χ1v) is 13.6. The molecule has 0 N–H and O–H groups in total. The van der Waals surface area contributed by atoms with Crippen molar-refractivity contribution in [2.24, 2.45) is 0 Å². The highest BCUT2D eigenvalue weighted by molar-refractivity contribution is 7.99. The molecular weight excluding hydrogens is 528 g/mol. The lowest BCUT2D eigenvalue weighted by Gasteiger charge is -2.07. The third kappa shape index (κ3) is 5.30. The minimum atomic E-state index is -0.639. The lowest BCUT2D eigenvalue weighted by atomic mass is 10.0. The van der Waals surface area contributed by atoms with Gasteiger partial charge in [0.05, 0.1) is 11.4 Å². The van der Waals surface area contributed by atoms with Crippen LogP contribution < -0.4 is 5.63 Å². The van der Waals surface area contributed by atoms with Gasteiger partial charge in [0.2, 0.25) is 0 Å². The Balaban J connectivity index is 1.31. The van der Waals surface area contributed by atoms with Crippen LogP contribution in [0.2, 0.25) is 5.02 Å². The molecule has 6 aromatic rings. The Morgan fingerprint density at radius 3 is 2.26 bits per heavy atom. The van der Waals surface area contributed by atoms with Gasteiger partial charge < -0.3 is 4.42 Å². The van der Waals surface area contributed by atoms with E-state index in [-0.39, 0.29) is 17.1 Å². The van der Waals surface area contributed by atoms with E-state index in [1.54, 1.807) is 18.2 Å². The van der Waals surface area contributed by atoms with Gasteiger partial charge in [0, 0.05) is 27.9 Å². The number of nitrogens with zero attached hydrogens (tertiary/aromatic N) is 2. The maximum Gasteiger partial charge on any atom is 0.347 e. The fourth-order valence-electron chi connectivity index (χ4n) is 4.32. The average Bonchev–Trinajstić information content (AvgIpc) is 3.41. The molecule has 0 unspecified atom stereocenters. The molecule has 0 aliphatic carbocycles. The van der Waals surface area contributed by atoms with Gasteiger partial charge in [0.25, 0.3) is 0 Å². The van der Waals surface area contributed by atoms with E-state index in [1.807, 2.05) is 77.5 Å². The maximum atomic E-state index is 13.1. The second-order valence-corrected chi connectivity index (χ2v) is 10.3. The number of carbonyl (C=O) groups is 1. The fourth-order valence-corrected chi connectivity index (χ4v) is 5.32. The SMILES string of the molecule is O=C(CSc1nc(-c2ccc(-c3ccccc3)cc2)cn1-c1ccc(Cl)cc1)c1cc2ccccc2oc1=O. The molecule has 2 heterocycles. The van der Waals surface area contributed by atoms with Crippen LogP contribution in [0.5, 0.6) is 0 Å². The number of halogens is 1. The normalized spacial score (nSPS) is 11.1. The second kappa shape index (κ2) is 10.8. The van der Waals surface area contributed by atoms with Crippen molar-refractivity contribution in [2.45, 2.75) is 5.16 Å². The van der Waals surface area contributed by atoms with Crippen molar-refractivity contribution in [1.29, 1.82) is 0 Å². The molecule has 0 aliphatic heterocycles. The Morgan fingerprint density at radius 2 is 1.49 bits per heavy atom. The van der Waals surface area contributed by atoms with E-state index in [2.05, 4.69) is 24.3 Å². The summed E-state index contributed by atoms with van der Waals surface area (Å²) in [6, 6.07) is 34.5. The molecule has 6 rings (SSSR count). The molecule has 0 amide bonds. The Morgan fingerprint density at radius 1 is 0.821 bits per heavy atom. The van der Waals surface area contributed by atoms with E-state index >= 15 is 0 Å². The molecule has 0 spiro atoms. The summed E-state index contributed by atoms with van der Waals surface area (Å²) in [6.45, 7) is 0. The Labute approximate surface area is 233 Å². The number of imidazole rings is 1. The van der Waals surface area contributed by atoms with Gasteiger partial charge >= 0.3 is 5.63 Å². The zero-order valence-corrected chi connectivity index (χ0v) is 22.2. The number of hydrogen-bond acceptors (Lipinski definition) is 5. The minimum absolute atomic E-state index is 0.0279. The zero-order chi connectivity index (χ0) is 26.8. The van der Waals surface area contributed by atoms with Crippen molar-refractivity contribution in [3.63, 3.8) is 0 Å². The molecule has 7 heteroatoms. The topological polar surface area (TPSA) is 65.1 Å². The average molecular weight is 549 g/mol. The van der Waals surface area contributed by atoms with E-state index in [4.69, 9.17) is 21.0 Å². The highest BCUT2D eigenvalue weighted by Gasteiger charge is 2.18. The van der Waals surface area contributed by atoms with Gasteiger partial charge in [-0.15, -0.1) is 0 Å². The van der Waals surface area contributed by atoms with Crippen LogP contribution in [0.25, 0.3) is 39.0 Å². The Bertz CT molecular complexity index is 1840. The molecule has 190 valence electrons. The largest absolute Gasteiger partial charge is 0.422 e. The first-order valence-electron chi connectivity index (χ1n) is 12.3. The number of rotatable bonds is 7. The molecule has 0 radical (unpaired) electrons. The number of ketones is 1. The zero-order valence-electron chi connectivity index (χ0n) is 20.6. The maximum absolute atomic E-state index is 13.1. The summed E-state index contributed by atoms with van der Waals surface area (Å²) in [5.41, 5.74) is 4.68. The monoisotopic (exact) mass is 548 g/mol. The third-order valence-electron chi connectivity index (χ3n) is 6.34. The number of fused-ring (bicyclic) bond motifs is 1. The summed E-state index contributed by atoms with van der Waals surface area (Å²) < 4.78 is 7.28. The Hall–Kier alpha value is -4.39. The summed E-state index contributed by atoms with van der Waals surface area (Å²) in [5.74, 6) is -0.293. The van der Waals surface area contributed by atoms with Gasteiger partial charge in [-0.25, -0.2) is 9.78 Å². The van der Waals surface area contributed by atoms with E-state index in [0.717, 1.165) is 28.1 Å². The van der Waals surface area contributed by atoms with Crippen LogP contribution >= 0.6 is 23.4 Å². The van der Waals surface area contributed by atoms with Crippen molar-refractivity contribution in [3.05, 3.63) is 136 Å². The van der Waals surface area contributed by atoms with Crippen LogP contribution in [0, 0.1) is 0 Å². The summed E-state index contributed by atoms with van der Waals surface area (Å²) in [5, 5.41) is 1.95.